The molecule has 0 aliphatic heterocycles. The molecule has 0 radical (unpaired) electrons. The largest absolute Gasteiger partial charge is 0.334 e. The van der Waals surface area contributed by atoms with E-state index in [1.165, 1.54) is 11.1 Å². The first-order chi connectivity index (χ1) is 8.58. The van der Waals surface area contributed by atoms with Crippen LogP contribution < -0.4 is 5.73 Å². The molecular weight excluding hydrogens is 222 g/mol. The van der Waals surface area contributed by atoms with Crippen LogP contribution in [0.5, 0.6) is 0 Å². The first-order valence-electron chi connectivity index (χ1n) is 6.39. The minimum atomic E-state index is 0.0376. The van der Waals surface area contributed by atoms with Crippen LogP contribution in [0.15, 0.2) is 30.5 Å². The van der Waals surface area contributed by atoms with Crippen molar-refractivity contribution in [3.63, 3.8) is 0 Å². The summed E-state index contributed by atoms with van der Waals surface area (Å²) in [6.07, 6.45) is 3.85. The number of aryl methyl sites for hydroxylation is 3. The van der Waals surface area contributed by atoms with Crippen molar-refractivity contribution in [1.82, 2.24) is 9.55 Å². The molecule has 0 fully saturated rings. The monoisotopic (exact) mass is 243 g/mol. The highest BCUT2D eigenvalue weighted by atomic mass is 15.1. The lowest BCUT2D eigenvalue weighted by atomic mass is 10.1. The number of aromatic nitrogens is 2. The van der Waals surface area contributed by atoms with Crippen molar-refractivity contribution in [2.75, 3.05) is 0 Å². The van der Waals surface area contributed by atoms with Gasteiger partial charge in [-0.2, -0.15) is 0 Å². The Hall–Kier alpha value is -1.61. The number of hydrogen-bond donors (Lipinski definition) is 1. The predicted molar refractivity (Wildman–Crippen MR) is 74.4 cm³/mol. The Morgan fingerprint density at radius 1 is 1.22 bits per heavy atom. The molecule has 96 valence electrons. The summed E-state index contributed by atoms with van der Waals surface area (Å²) in [5, 5.41) is 0. The average molecular weight is 243 g/mol. The van der Waals surface area contributed by atoms with Gasteiger partial charge in [-0.05, 0) is 25.8 Å². The third-order valence-corrected chi connectivity index (χ3v) is 3.34. The van der Waals surface area contributed by atoms with Gasteiger partial charge in [0.25, 0.3) is 0 Å². The zero-order chi connectivity index (χ0) is 13.1. The Kier molecular flexibility index (Phi) is 3.82. The highest BCUT2D eigenvalue weighted by Gasteiger charge is 2.09. The molecule has 1 aromatic heterocycles. The number of rotatable bonds is 4. The summed E-state index contributed by atoms with van der Waals surface area (Å²) >= 11 is 0. The maximum absolute atomic E-state index is 5.89. The van der Waals surface area contributed by atoms with Gasteiger partial charge in [-0.1, -0.05) is 29.8 Å². The van der Waals surface area contributed by atoms with Crippen molar-refractivity contribution in [2.24, 2.45) is 12.8 Å². The smallest absolute Gasteiger partial charge is 0.108 e. The molecule has 1 atom stereocenters. The highest BCUT2D eigenvalue weighted by molar-refractivity contribution is 5.22. The summed E-state index contributed by atoms with van der Waals surface area (Å²) in [5.41, 5.74) is 9.64. The highest BCUT2D eigenvalue weighted by Crippen LogP contribution is 2.13. The Bertz CT molecular complexity index is 509. The van der Waals surface area contributed by atoms with Crippen molar-refractivity contribution in [3.8, 4) is 0 Å². The van der Waals surface area contributed by atoms with E-state index in [0.29, 0.717) is 0 Å². The molecule has 3 heteroatoms. The molecule has 18 heavy (non-hydrogen) atoms. The molecule has 0 amide bonds. The van der Waals surface area contributed by atoms with Gasteiger partial charge in [-0.25, -0.2) is 4.98 Å². The van der Waals surface area contributed by atoms with Crippen molar-refractivity contribution in [3.05, 3.63) is 53.1 Å². The molecule has 0 saturated heterocycles. The van der Waals surface area contributed by atoms with Crippen LogP contribution in [0.2, 0.25) is 0 Å². The lowest BCUT2D eigenvalue weighted by Crippen LogP contribution is -2.11. The number of nitrogens with zero attached hydrogens (tertiary/aromatic N) is 2. The van der Waals surface area contributed by atoms with Crippen LogP contribution in [0.25, 0.3) is 0 Å². The third-order valence-electron chi connectivity index (χ3n) is 3.34. The summed E-state index contributed by atoms with van der Waals surface area (Å²) in [5.74, 6) is 1.10. The van der Waals surface area contributed by atoms with E-state index in [4.69, 9.17) is 5.73 Å². The lowest BCUT2D eigenvalue weighted by Gasteiger charge is -2.08. The fourth-order valence-corrected chi connectivity index (χ4v) is 2.13. The molecule has 0 bridgehead atoms. The van der Waals surface area contributed by atoms with Crippen LogP contribution in [0.1, 0.15) is 35.6 Å². The number of nitrogens with two attached hydrogens (primary N) is 1. The maximum Gasteiger partial charge on any atom is 0.108 e. The normalized spacial score (nSPS) is 12.7. The molecule has 0 saturated carbocycles. The van der Waals surface area contributed by atoms with Crippen LogP contribution in [0.4, 0.5) is 0 Å². The van der Waals surface area contributed by atoms with E-state index in [-0.39, 0.29) is 6.04 Å². The van der Waals surface area contributed by atoms with E-state index in [2.05, 4.69) is 40.7 Å². The van der Waals surface area contributed by atoms with E-state index >= 15 is 0 Å². The van der Waals surface area contributed by atoms with E-state index in [1.54, 1.807) is 0 Å². The number of imidazole rings is 1. The summed E-state index contributed by atoms with van der Waals surface area (Å²) < 4.78 is 2.11. The molecule has 2 rings (SSSR count). The van der Waals surface area contributed by atoms with E-state index in [9.17, 15) is 0 Å². The molecule has 1 heterocycles. The van der Waals surface area contributed by atoms with Gasteiger partial charge in [0.15, 0.2) is 0 Å². The standard InChI is InChI=1S/C15H21N3/c1-11-4-6-13(7-5-11)8-9-15-17-10-14(12(2)16)18(15)3/h4-7,10,12H,8-9,16H2,1-3H3. The Balaban J connectivity index is 2.04. The predicted octanol–water partition coefficient (Wildman–Crippen LogP) is 2.53. The van der Waals surface area contributed by atoms with Crippen molar-refractivity contribution in [2.45, 2.75) is 32.7 Å². The second-order valence-corrected chi connectivity index (χ2v) is 4.93. The number of benzene rings is 1. The molecular formula is C15H21N3. The van der Waals surface area contributed by atoms with Crippen LogP contribution in [0.3, 0.4) is 0 Å². The van der Waals surface area contributed by atoms with Crippen LogP contribution in [-0.4, -0.2) is 9.55 Å². The Morgan fingerprint density at radius 3 is 2.44 bits per heavy atom. The quantitative estimate of drug-likeness (QED) is 0.896. The molecule has 2 N–H and O–H groups in total. The summed E-state index contributed by atoms with van der Waals surface area (Å²) in [4.78, 5) is 4.45. The molecule has 0 spiro atoms. The lowest BCUT2D eigenvalue weighted by molar-refractivity contribution is 0.680. The molecule has 0 aliphatic carbocycles. The van der Waals surface area contributed by atoms with Crippen LogP contribution >= 0.6 is 0 Å². The topological polar surface area (TPSA) is 43.8 Å². The first kappa shape index (κ1) is 12.8. The fraction of sp³-hybridized carbons (Fsp3) is 0.400. The minimum Gasteiger partial charge on any atom is -0.334 e. The molecule has 1 aromatic carbocycles. The molecule has 0 aliphatic rings. The second kappa shape index (κ2) is 5.36. The van der Waals surface area contributed by atoms with Crippen molar-refractivity contribution < 1.29 is 0 Å². The van der Waals surface area contributed by atoms with Crippen molar-refractivity contribution >= 4 is 0 Å². The third kappa shape index (κ3) is 2.79. The zero-order valence-corrected chi connectivity index (χ0v) is 11.4. The van der Waals surface area contributed by atoms with Gasteiger partial charge < -0.3 is 10.3 Å². The molecule has 1 unspecified atom stereocenters. The van der Waals surface area contributed by atoms with Gasteiger partial charge in [0.2, 0.25) is 0 Å². The van der Waals surface area contributed by atoms with Crippen LogP contribution in [-0.2, 0) is 19.9 Å². The van der Waals surface area contributed by atoms with Gasteiger partial charge in [-0.15, -0.1) is 0 Å². The Morgan fingerprint density at radius 2 is 1.89 bits per heavy atom. The van der Waals surface area contributed by atoms with Gasteiger partial charge in [0.1, 0.15) is 5.82 Å². The number of hydrogen-bond acceptors (Lipinski definition) is 2. The van der Waals surface area contributed by atoms with Crippen LogP contribution in [0, 0.1) is 6.92 Å². The molecule has 3 nitrogen and oxygen atoms in total. The van der Waals surface area contributed by atoms with Gasteiger partial charge in [0, 0.05) is 19.5 Å². The van der Waals surface area contributed by atoms with E-state index in [1.807, 2.05) is 20.2 Å². The minimum absolute atomic E-state index is 0.0376. The maximum atomic E-state index is 5.89. The van der Waals surface area contributed by atoms with Gasteiger partial charge in [0.05, 0.1) is 11.9 Å². The molecule has 2 aromatic rings. The Labute approximate surface area is 109 Å². The zero-order valence-electron chi connectivity index (χ0n) is 11.4. The van der Waals surface area contributed by atoms with E-state index in [0.717, 1.165) is 24.4 Å². The summed E-state index contributed by atoms with van der Waals surface area (Å²) in [6, 6.07) is 8.72. The second-order valence-electron chi connectivity index (χ2n) is 4.93. The van der Waals surface area contributed by atoms with Gasteiger partial charge in [-0.3, -0.25) is 0 Å². The summed E-state index contributed by atoms with van der Waals surface area (Å²) in [6.45, 7) is 4.10. The SMILES string of the molecule is Cc1ccc(CCc2ncc(C(C)N)n2C)cc1. The van der Waals surface area contributed by atoms with E-state index < -0.39 is 0 Å². The average Bonchev–Trinajstić information content (AvgIpc) is 2.70. The van der Waals surface area contributed by atoms with Gasteiger partial charge >= 0.3 is 0 Å². The first-order valence-corrected chi connectivity index (χ1v) is 6.39. The van der Waals surface area contributed by atoms with Crippen molar-refractivity contribution in [1.29, 1.82) is 0 Å². The summed E-state index contributed by atoms with van der Waals surface area (Å²) in [7, 11) is 2.04. The fourth-order valence-electron chi connectivity index (χ4n) is 2.13.